The lowest BCUT2D eigenvalue weighted by Gasteiger charge is -2.52. The van der Waals surface area contributed by atoms with Gasteiger partial charge >= 0.3 is 0 Å². The van der Waals surface area contributed by atoms with Gasteiger partial charge < -0.3 is 10.1 Å². The van der Waals surface area contributed by atoms with Crippen molar-refractivity contribution in [2.45, 2.75) is 66.0 Å². The number of allylic oxidation sites excluding steroid dienone is 2. The van der Waals surface area contributed by atoms with Crippen LogP contribution in [0.15, 0.2) is 11.6 Å². The van der Waals surface area contributed by atoms with Gasteiger partial charge in [-0.3, -0.25) is 0 Å². The molecule has 1 fully saturated rings. The van der Waals surface area contributed by atoms with E-state index in [1.807, 2.05) is 0 Å². The first-order valence-electron chi connectivity index (χ1n) is 7.95. The average Bonchev–Trinajstić information content (AvgIpc) is 2.31. The van der Waals surface area contributed by atoms with Gasteiger partial charge in [0.25, 0.3) is 0 Å². The van der Waals surface area contributed by atoms with Crippen LogP contribution in [0, 0.1) is 17.3 Å². The van der Waals surface area contributed by atoms with Crippen LogP contribution in [0.3, 0.4) is 0 Å². The summed E-state index contributed by atoms with van der Waals surface area (Å²) >= 11 is 0. The van der Waals surface area contributed by atoms with Gasteiger partial charge in [0.1, 0.15) is 0 Å². The topological polar surface area (TPSA) is 21.3 Å². The molecule has 2 nitrogen and oxygen atoms in total. The van der Waals surface area contributed by atoms with E-state index in [9.17, 15) is 0 Å². The highest BCUT2D eigenvalue weighted by Gasteiger charge is 2.48. The third kappa shape index (κ3) is 3.41. The number of hydrogen-bond acceptors (Lipinski definition) is 2. The van der Waals surface area contributed by atoms with Crippen molar-refractivity contribution < 1.29 is 4.74 Å². The Kier molecular flexibility index (Phi) is 4.73. The molecule has 0 aromatic rings. The van der Waals surface area contributed by atoms with E-state index in [1.165, 1.54) is 25.8 Å². The lowest BCUT2D eigenvalue weighted by Crippen LogP contribution is -2.61. The standard InChI is InChI=1S/C17H31NO/c1-6-19-16-10-15(17(16,4)5)18-11-14-8-12(2)7-13(3)9-14/h7,12,14-16,18H,6,8-11H2,1-5H3. The van der Waals surface area contributed by atoms with Gasteiger partial charge in [-0.2, -0.15) is 0 Å². The molecule has 4 unspecified atom stereocenters. The van der Waals surface area contributed by atoms with Crippen LogP contribution in [-0.4, -0.2) is 25.3 Å². The molecule has 0 spiro atoms. The molecule has 110 valence electrons. The molecule has 0 amide bonds. The second-order valence-corrected chi connectivity index (χ2v) is 7.26. The highest BCUT2D eigenvalue weighted by Crippen LogP contribution is 2.43. The van der Waals surface area contributed by atoms with E-state index in [1.54, 1.807) is 5.57 Å². The Hall–Kier alpha value is -0.340. The predicted octanol–water partition coefficient (Wildman–Crippen LogP) is 3.77. The van der Waals surface area contributed by atoms with Gasteiger partial charge in [0.2, 0.25) is 0 Å². The molecule has 0 heterocycles. The van der Waals surface area contributed by atoms with Gasteiger partial charge in [-0.05, 0) is 51.5 Å². The molecule has 2 aliphatic carbocycles. The summed E-state index contributed by atoms with van der Waals surface area (Å²) in [7, 11) is 0. The van der Waals surface area contributed by atoms with Crippen LogP contribution in [0.2, 0.25) is 0 Å². The molecule has 19 heavy (non-hydrogen) atoms. The van der Waals surface area contributed by atoms with E-state index in [-0.39, 0.29) is 0 Å². The largest absolute Gasteiger partial charge is 0.378 e. The summed E-state index contributed by atoms with van der Waals surface area (Å²) < 4.78 is 5.80. The quantitative estimate of drug-likeness (QED) is 0.764. The van der Waals surface area contributed by atoms with Crippen molar-refractivity contribution in [3.05, 3.63) is 11.6 Å². The summed E-state index contributed by atoms with van der Waals surface area (Å²) in [5.41, 5.74) is 1.87. The minimum atomic E-state index is 0.293. The van der Waals surface area contributed by atoms with Crippen molar-refractivity contribution in [3.63, 3.8) is 0 Å². The van der Waals surface area contributed by atoms with Crippen molar-refractivity contribution in [1.29, 1.82) is 0 Å². The summed E-state index contributed by atoms with van der Waals surface area (Å²) in [6.07, 6.45) is 6.68. The van der Waals surface area contributed by atoms with Gasteiger partial charge in [-0.25, -0.2) is 0 Å². The summed E-state index contributed by atoms with van der Waals surface area (Å²) in [6.45, 7) is 13.4. The minimum Gasteiger partial charge on any atom is -0.378 e. The zero-order valence-electron chi connectivity index (χ0n) is 13.3. The monoisotopic (exact) mass is 265 g/mol. The molecule has 1 N–H and O–H groups in total. The SMILES string of the molecule is CCOC1CC(NCC2CC(C)=CC(C)C2)C1(C)C. The number of nitrogens with one attached hydrogen (secondary N) is 1. The summed E-state index contributed by atoms with van der Waals surface area (Å²) in [4.78, 5) is 0. The highest BCUT2D eigenvalue weighted by molar-refractivity contribution is 5.07. The molecule has 0 aromatic heterocycles. The predicted molar refractivity (Wildman–Crippen MR) is 81.2 cm³/mol. The molecule has 2 aliphatic rings. The van der Waals surface area contributed by atoms with Crippen LogP contribution in [0.4, 0.5) is 0 Å². The highest BCUT2D eigenvalue weighted by atomic mass is 16.5. The van der Waals surface area contributed by atoms with E-state index in [0.29, 0.717) is 17.6 Å². The van der Waals surface area contributed by atoms with Crippen molar-refractivity contribution in [2.75, 3.05) is 13.2 Å². The number of hydrogen-bond donors (Lipinski definition) is 1. The Labute approximate surface area is 119 Å². The lowest BCUT2D eigenvalue weighted by molar-refractivity contribution is -0.114. The molecule has 0 radical (unpaired) electrons. The fourth-order valence-corrected chi connectivity index (χ4v) is 3.87. The van der Waals surface area contributed by atoms with Crippen LogP contribution in [0.1, 0.15) is 53.9 Å². The summed E-state index contributed by atoms with van der Waals surface area (Å²) in [5.74, 6) is 1.58. The number of ether oxygens (including phenoxy) is 1. The van der Waals surface area contributed by atoms with E-state index in [4.69, 9.17) is 4.74 Å². The van der Waals surface area contributed by atoms with Gasteiger partial charge in [-0.15, -0.1) is 0 Å². The Bertz CT molecular complexity index is 334. The zero-order chi connectivity index (χ0) is 14.0. The van der Waals surface area contributed by atoms with Gasteiger partial charge in [0.15, 0.2) is 0 Å². The van der Waals surface area contributed by atoms with Crippen LogP contribution in [0.25, 0.3) is 0 Å². The summed E-state index contributed by atoms with van der Waals surface area (Å²) in [6, 6.07) is 0.630. The third-order valence-electron chi connectivity index (χ3n) is 5.08. The van der Waals surface area contributed by atoms with Gasteiger partial charge in [0.05, 0.1) is 6.10 Å². The Morgan fingerprint density at radius 1 is 1.37 bits per heavy atom. The van der Waals surface area contributed by atoms with Crippen molar-refractivity contribution >= 4 is 0 Å². The smallest absolute Gasteiger partial charge is 0.0655 e. The lowest BCUT2D eigenvalue weighted by atomic mass is 9.64. The average molecular weight is 265 g/mol. The van der Waals surface area contributed by atoms with Crippen LogP contribution >= 0.6 is 0 Å². The van der Waals surface area contributed by atoms with Gasteiger partial charge in [-0.1, -0.05) is 32.4 Å². The maximum atomic E-state index is 5.80. The first-order chi connectivity index (χ1) is 8.93. The molecule has 0 aromatic carbocycles. The fraction of sp³-hybridized carbons (Fsp3) is 0.882. The molecular formula is C17H31NO. The number of rotatable bonds is 5. The minimum absolute atomic E-state index is 0.293. The van der Waals surface area contributed by atoms with Crippen LogP contribution in [0.5, 0.6) is 0 Å². The second kappa shape index (κ2) is 5.97. The van der Waals surface area contributed by atoms with Crippen LogP contribution < -0.4 is 5.32 Å². The first-order valence-corrected chi connectivity index (χ1v) is 7.95. The van der Waals surface area contributed by atoms with E-state index in [0.717, 1.165) is 18.4 Å². The second-order valence-electron chi connectivity index (χ2n) is 7.26. The Morgan fingerprint density at radius 3 is 2.68 bits per heavy atom. The molecule has 0 saturated heterocycles. The normalized spacial score (nSPS) is 37.6. The molecule has 2 rings (SSSR count). The molecular weight excluding hydrogens is 234 g/mol. The molecule has 1 saturated carbocycles. The molecule has 4 atom stereocenters. The molecule has 0 bridgehead atoms. The van der Waals surface area contributed by atoms with Crippen molar-refractivity contribution in [2.24, 2.45) is 17.3 Å². The summed E-state index contributed by atoms with van der Waals surface area (Å²) in [5, 5.41) is 3.80. The molecule has 2 heteroatoms. The van der Waals surface area contributed by atoms with E-state index in [2.05, 4.69) is 46.0 Å². The first kappa shape index (κ1) is 15.1. The van der Waals surface area contributed by atoms with E-state index < -0.39 is 0 Å². The Balaban J connectivity index is 1.77. The van der Waals surface area contributed by atoms with E-state index >= 15 is 0 Å². The fourth-order valence-electron chi connectivity index (χ4n) is 3.87. The maximum absolute atomic E-state index is 5.80. The van der Waals surface area contributed by atoms with Crippen molar-refractivity contribution in [1.82, 2.24) is 5.32 Å². The van der Waals surface area contributed by atoms with Gasteiger partial charge in [0, 0.05) is 18.1 Å². The molecule has 0 aliphatic heterocycles. The zero-order valence-corrected chi connectivity index (χ0v) is 13.3. The van der Waals surface area contributed by atoms with Crippen molar-refractivity contribution in [3.8, 4) is 0 Å². The maximum Gasteiger partial charge on any atom is 0.0655 e. The van der Waals surface area contributed by atoms with Crippen LogP contribution in [-0.2, 0) is 4.74 Å². The third-order valence-corrected chi connectivity index (χ3v) is 5.08. The Morgan fingerprint density at radius 2 is 2.11 bits per heavy atom.